The number of aromatic amines is 1. The van der Waals surface area contributed by atoms with E-state index in [1.54, 1.807) is 31.2 Å². The predicted molar refractivity (Wildman–Crippen MR) is 158 cm³/mol. The minimum Gasteiger partial charge on any atom is -0.461 e. The summed E-state index contributed by atoms with van der Waals surface area (Å²) in [6.07, 6.45) is 9.83. The number of benzene rings is 1. The van der Waals surface area contributed by atoms with Crippen molar-refractivity contribution in [3.63, 3.8) is 0 Å². The van der Waals surface area contributed by atoms with Gasteiger partial charge in [-0.25, -0.2) is 10.1 Å². The Hall–Kier alpha value is -3.31. The number of nitrogens with zero attached hydrogens (tertiary/aromatic N) is 3. The Morgan fingerprint density at radius 3 is 2.83 bits per heavy atom. The molecule has 1 aliphatic heterocycles. The van der Waals surface area contributed by atoms with Crippen molar-refractivity contribution in [1.82, 2.24) is 24.6 Å². The summed E-state index contributed by atoms with van der Waals surface area (Å²) in [6.45, 7) is -1.85. The zero-order valence-electron chi connectivity index (χ0n) is 23.0. The number of nitrogens with one attached hydrogen (secondary N) is 2. The van der Waals surface area contributed by atoms with Gasteiger partial charge in [0.25, 0.3) is 5.56 Å². The molecule has 1 aliphatic carbocycles. The summed E-state index contributed by atoms with van der Waals surface area (Å²) in [5, 5.41) is 14.3. The van der Waals surface area contributed by atoms with Crippen LogP contribution >= 0.6 is 6.64 Å². The van der Waals surface area contributed by atoms with E-state index in [1.165, 1.54) is 10.9 Å². The lowest BCUT2D eigenvalue weighted by Gasteiger charge is -2.28. The molecule has 15 heteroatoms. The van der Waals surface area contributed by atoms with Gasteiger partial charge in [-0.2, -0.15) is 4.98 Å². The van der Waals surface area contributed by atoms with Gasteiger partial charge in [-0.05, 0) is 56.5 Å². The molecular formula is C27H33N6O7PS. The van der Waals surface area contributed by atoms with E-state index in [0.29, 0.717) is 5.75 Å². The fourth-order valence-electron chi connectivity index (χ4n) is 5.06. The zero-order valence-corrected chi connectivity index (χ0v) is 24.7. The summed E-state index contributed by atoms with van der Waals surface area (Å²) in [7, 11) is 0. The minimum atomic E-state index is -3.36. The molecular weight excluding hydrogens is 583 g/mol. The molecule has 0 radical (unpaired) electrons. The number of aromatic nitrogens is 4. The molecule has 3 aromatic rings. The molecule has 42 heavy (non-hydrogen) atoms. The summed E-state index contributed by atoms with van der Waals surface area (Å²) < 4.78 is 25.4. The normalized spacial score (nSPS) is 25.0. The van der Waals surface area contributed by atoms with Gasteiger partial charge in [-0.3, -0.25) is 19.1 Å². The third-order valence-corrected chi connectivity index (χ3v) is 9.66. The number of nitrogens with two attached hydrogens (primary N) is 1. The molecule has 0 amide bonds. The van der Waals surface area contributed by atoms with Gasteiger partial charge in [0.1, 0.15) is 17.9 Å². The number of esters is 1. The van der Waals surface area contributed by atoms with Crippen molar-refractivity contribution in [2.45, 2.75) is 75.5 Å². The lowest BCUT2D eigenvalue weighted by molar-refractivity contribution is -0.152. The number of ether oxygens (including phenoxy) is 2. The minimum absolute atomic E-state index is 0.0111. The third-order valence-electron chi connectivity index (χ3n) is 7.16. The van der Waals surface area contributed by atoms with Crippen LogP contribution in [0, 0.1) is 12.3 Å². The first-order valence-electron chi connectivity index (χ1n) is 13.6. The predicted octanol–water partition coefficient (Wildman–Crippen LogP) is 2.53. The Morgan fingerprint density at radius 1 is 1.38 bits per heavy atom. The molecule has 1 aromatic carbocycles. The van der Waals surface area contributed by atoms with Crippen molar-refractivity contribution in [3.8, 4) is 18.1 Å². The molecule has 1 saturated heterocycles. The van der Waals surface area contributed by atoms with Gasteiger partial charge in [0.2, 0.25) is 5.95 Å². The molecule has 1 saturated carbocycles. The number of rotatable bonds is 10. The summed E-state index contributed by atoms with van der Waals surface area (Å²) in [6, 6.07) is 8.04. The van der Waals surface area contributed by atoms with Crippen molar-refractivity contribution in [2.75, 3.05) is 12.3 Å². The molecule has 2 aromatic heterocycles. The maximum Gasteiger partial charge on any atom is 0.323 e. The number of H-pyrrole nitrogens is 1. The zero-order chi connectivity index (χ0) is 29.9. The van der Waals surface area contributed by atoms with E-state index in [1.807, 2.05) is 6.07 Å². The second kappa shape index (κ2) is 12.5. The molecule has 2 fully saturated rings. The lowest BCUT2D eigenvalue weighted by Crippen LogP contribution is -2.37. The van der Waals surface area contributed by atoms with Crippen molar-refractivity contribution in [1.29, 1.82) is 0 Å². The van der Waals surface area contributed by atoms with Gasteiger partial charge in [-0.15, -0.1) is 6.42 Å². The number of hydrogen-bond acceptors (Lipinski definition) is 11. The van der Waals surface area contributed by atoms with Crippen LogP contribution in [0.1, 0.15) is 51.7 Å². The maximum absolute atomic E-state index is 12.9. The highest BCUT2D eigenvalue weighted by Crippen LogP contribution is 2.47. The fraction of sp³-hybridized carbons (Fsp3) is 0.481. The van der Waals surface area contributed by atoms with E-state index < -0.39 is 42.1 Å². The van der Waals surface area contributed by atoms with Gasteiger partial charge in [0.05, 0.1) is 19.0 Å². The smallest absolute Gasteiger partial charge is 0.323 e. The molecule has 0 spiro atoms. The number of anilines is 1. The van der Waals surface area contributed by atoms with Crippen LogP contribution in [0.3, 0.4) is 0 Å². The highest BCUT2D eigenvalue weighted by atomic mass is 32.5. The molecule has 5 atom stereocenters. The van der Waals surface area contributed by atoms with E-state index in [2.05, 4.69) is 26.0 Å². The van der Waals surface area contributed by atoms with E-state index in [9.17, 15) is 14.7 Å². The summed E-state index contributed by atoms with van der Waals surface area (Å²) in [4.78, 5) is 35.7. The third kappa shape index (κ3) is 6.67. The standard InChI is InChI=1S/C27H33N6O7PS/c1-3-27(36)14-20(39-25(27)33-16-29-21-22(33)30-26(28)31-23(21)34)15-37-41(42,40-19-12-8-5-9-13-19)32-17(2)24(35)38-18-10-6-4-7-11-18/h1,5,8-9,12-13,16-18,20,25,36H,4,6-7,10-11,14-15H2,2H3,(H,32,42)(H3,28,30,31,34). The first-order chi connectivity index (χ1) is 20.1. The quantitative estimate of drug-likeness (QED) is 0.149. The van der Waals surface area contributed by atoms with Gasteiger partial charge in [0.15, 0.2) is 23.0 Å². The van der Waals surface area contributed by atoms with Crippen LogP contribution in [0.5, 0.6) is 5.75 Å². The molecule has 0 bridgehead atoms. The largest absolute Gasteiger partial charge is 0.461 e. The van der Waals surface area contributed by atoms with Crippen molar-refractivity contribution >= 4 is 41.5 Å². The average Bonchev–Trinajstić information content (AvgIpc) is 3.54. The first kappa shape index (κ1) is 30.2. The van der Waals surface area contributed by atoms with E-state index in [0.717, 1.165) is 32.1 Å². The number of imidazole rings is 1. The average molecular weight is 617 g/mol. The molecule has 5 unspecified atom stereocenters. The van der Waals surface area contributed by atoms with Crippen LogP contribution < -0.4 is 20.9 Å². The molecule has 5 rings (SSSR count). The van der Waals surface area contributed by atoms with Crippen molar-refractivity contribution in [2.24, 2.45) is 0 Å². The second-order valence-corrected chi connectivity index (χ2v) is 13.5. The number of carbonyl (C=O) groups is 1. The lowest BCUT2D eigenvalue weighted by atomic mass is 9.98. The Labute approximate surface area is 247 Å². The number of para-hydroxylation sites is 1. The van der Waals surface area contributed by atoms with Gasteiger partial charge < -0.3 is 29.4 Å². The Balaban J connectivity index is 1.32. The second-order valence-electron chi connectivity index (χ2n) is 10.4. The molecule has 13 nitrogen and oxygen atoms in total. The highest BCUT2D eigenvalue weighted by molar-refractivity contribution is 8.09. The number of fused-ring (bicyclic) bond motifs is 1. The molecule has 2 aliphatic rings. The summed E-state index contributed by atoms with van der Waals surface area (Å²) in [5.41, 5.74) is 3.49. The van der Waals surface area contributed by atoms with Crippen LogP contribution in [0.25, 0.3) is 11.2 Å². The monoisotopic (exact) mass is 616 g/mol. The van der Waals surface area contributed by atoms with Crippen LogP contribution in [-0.4, -0.2) is 61.1 Å². The van der Waals surface area contributed by atoms with Crippen LogP contribution in [0.2, 0.25) is 0 Å². The van der Waals surface area contributed by atoms with Crippen LogP contribution in [-0.2, 0) is 30.6 Å². The van der Waals surface area contributed by atoms with Gasteiger partial charge in [-0.1, -0.05) is 30.5 Å². The molecule has 3 heterocycles. The Bertz CT molecular complexity index is 1570. The van der Waals surface area contributed by atoms with Crippen molar-refractivity contribution in [3.05, 3.63) is 47.0 Å². The summed E-state index contributed by atoms with van der Waals surface area (Å²) >= 11 is 5.82. The fourth-order valence-corrected chi connectivity index (χ4v) is 7.50. The van der Waals surface area contributed by atoms with E-state index in [4.69, 9.17) is 42.5 Å². The number of aliphatic hydroxyl groups is 1. The Kier molecular flexibility index (Phi) is 8.98. The molecule has 224 valence electrons. The highest BCUT2D eigenvalue weighted by Gasteiger charge is 2.49. The Morgan fingerprint density at radius 2 is 2.12 bits per heavy atom. The van der Waals surface area contributed by atoms with Crippen LogP contribution in [0.4, 0.5) is 5.95 Å². The van der Waals surface area contributed by atoms with Gasteiger partial charge in [0, 0.05) is 6.42 Å². The number of hydrogen-bond donors (Lipinski definition) is 4. The number of terminal acetylenes is 1. The summed E-state index contributed by atoms with van der Waals surface area (Å²) in [5.74, 6) is 2.26. The SMILES string of the molecule is C#CC1(O)CC(COP(=S)(NC(C)C(=O)OC2CCCCC2)Oc2ccccc2)OC1n1cnc2c(=O)[nH]c(N)nc21. The van der Waals surface area contributed by atoms with E-state index >= 15 is 0 Å². The van der Waals surface area contributed by atoms with Crippen LogP contribution in [0.15, 0.2) is 41.5 Å². The van der Waals surface area contributed by atoms with Gasteiger partial charge >= 0.3 is 12.6 Å². The molecule has 5 N–H and O–H groups in total. The first-order valence-corrected chi connectivity index (χ1v) is 16.3. The number of carbonyl (C=O) groups excluding carboxylic acids is 1. The van der Waals surface area contributed by atoms with E-state index in [-0.39, 0.29) is 36.2 Å². The maximum atomic E-state index is 12.9. The topological polar surface area (TPSA) is 176 Å². The van der Waals surface area contributed by atoms with Crippen molar-refractivity contribution < 1.29 is 28.4 Å². The number of nitrogen functional groups attached to an aromatic ring is 1.